The molecule has 0 spiro atoms. The van der Waals surface area contributed by atoms with Crippen molar-refractivity contribution in [1.29, 1.82) is 0 Å². The molecule has 36 heavy (non-hydrogen) atoms. The van der Waals surface area contributed by atoms with Crippen LogP contribution in [0.1, 0.15) is 28.8 Å². The van der Waals surface area contributed by atoms with Crippen molar-refractivity contribution in [1.82, 2.24) is 20.1 Å². The molecular formula is C23H26ClF3N4O4S. The van der Waals surface area contributed by atoms with Crippen molar-refractivity contribution in [2.45, 2.75) is 36.5 Å². The Labute approximate surface area is 212 Å². The van der Waals surface area contributed by atoms with E-state index in [1.165, 1.54) is 53.5 Å². The van der Waals surface area contributed by atoms with Crippen LogP contribution in [0.4, 0.5) is 13.2 Å². The number of amides is 2. The largest absolute Gasteiger partial charge is 0.391 e. The molecule has 2 aromatic carbocycles. The van der Waals surface area contributed by atoms with E-state index in [9.17, 15) is 31.2 Å². The van der Waals surface area contributed by atoms with E-state index in [1.807, 2.05) is 0 Å². The highest BCUT2D eigenvalue weighted by atomic mass is 35.5. The fourth-order valence-electron chi connectivity index (χ4n) is 3.84. The Balaban J connectivity index is 2.01. The summed E-state index contributed by atoms with van der Waals surface area (Å²) in [6.07, 6.45) is -5.66. The van der Waals surface area contributed by atoms with Crippen molar-refractivity contribution in [3.8, 4) is 0 Å². The number of nitrogens with one attached hydrogen (secondary N) is 2. The van der Waals surface area contributed by atoms with Crippen LogP contribution in [0, 0.1) is 5.92 Å². The summed E-state index contributed by atoms with van der Waals surface area (Å²) < 4.78 is 68.9. The highest BCUT2D eigenvalue weighted by Gasteiger charge is 2.46. The number of carbonyl (C=O) groups excluding carboxylic acids is 2. The second kappa shape index (κ2) is 11.2. The van der Waals surface area contributed by atoms with E-state index >= 15 is 0 Å². The molecule has 2 N–H and O–H groups in total. The Bertz CT molecular complexity index is 1190. The van der Waals surface area contributed by atoms with Crippen LogP contribution in [0.25, 0.3) is 0 Å². The van der Waals surface area contributed by atoms with Crippen LogP contribution in [0.2, 0.25) is 5.02 Å². The van der Waals surface area contributed by atoms with Gasteiger partial charge < -0.3 is 5.32 Å². The Hall–Kier alpha value is -2.67. The van der Waals surface area contributed by atoms with E-state index in [4.69, 9.17) is 11.6 Å². The maximum Gasteiger partial charge on any atom is 0.391 e. The van der Waals surface area contributed by atoms with E-state index in [-0.39, 0.29) is 29.4 Å². The number of alkyl halides is 3. The molecule has 0 radical (unpaired) electrons. The minimum absolute atomic E-state index is 0.213. The smallest absolute Gasteiger partial charge is 0.355 e. The van der Waals surface area contributed by atoms with Gasteiger partial charge in [-0.25, -0.2) is 13.4 Å². The van der Waals surface area contributed by atoms with E-state index in [0.717, 1.165) is 4.31 Å². The van der Waals surface area contributed by atoms with Gasteiger partial charge in [0.1, 0.15) is 6.04 Å². The van der Waals surface area contributed by atoms with Gasteiger partial charge in [-0.15, -0.1) is 0 Å². The first-order valence-electron chi connectivity index (χ1n) is 11.0. The number of hydrogen-bond donors (Lipinski definition) is 2. The average Bonchev–Trinajstić information content (AvgIpc) is 2.99. The first kappa shape index (κ1) is 27.9. The molecule has 13 heteroatoms. The standard InChI is InChI=1S/C23H26ClF3N4O4S/c1-30(2)29-21(32)16-5-3-15(4-6-16)14-31(36(34,35)19-9-7-18(24)8-10-19)20-13-17(23(25,26)27)11-12-28-22(20)33/h3-10,17,20H,11-14H2,1-2H3,(H,28,33)(H,29,32). The van der Waals surface area contributed by atoms with Crippen LogP contribution >= 0.6 is 11.6 Å². The monoisotopic (exact) mass is 546 g/mol. The van der Waals surface area contributed by atoms with Crippen molar-refractivity contribution in [3.63, 3.8) is 0 Å². The number of halogens is 4. The van der Waals surface area contributed by atoms with E-state index in [2.05, 4.69) is 10.7 Å². The van der Waals surface area contributed by atoms with Crippen molar-refractivity contribution >= 4 is 33.4 Å². The third-order valence-electron chi connectivity index (χ3n) is 5.71. The third kappa shape index (κ3) is 6.75. The predicted octanol–water partition coefficient (Wildman–Crippen LogP) is 3.19. The van der Waals surface area contributed by atoms with Gasteiger partial charge in [-0.1, -0.05) is 23.7 Å². The Morgan fingerprint density at radius 2 is 1.72 bits per heavy atom. The van der Waals surface area contributed by atoms with E-state index in [0.29, 0.717) is 11.1 Å². The topological polar surface area (TPSA) is 98.8 Å². The van der Waals surface area contributed by atoms with Gasteiger partial charge in [0, 0.05) is 37.8 Å². The molecule has 1 aliphatic heterocycles. The van der Waals surface area contributed by atoms with Crippen molar-refractivity contribution in [2.24, 2.45) is 5.92 Å². The second-order valence-electron chi connectivity index (χ2n) is 8.61. The zero-order chi connectivity index (χ0) is 26.7. The van der Waals surface area contributed by atoms with Crippen molar-refractivity contribution in [3.05, 3.63) is 64.7 Å². The zero-order valence-electron chi connectivity index (χ0n) is 19.5. The molecule has 1 aliphatic rings. The number of sulfonamides is 1. The van der Waals surface area contributed by atoms with Crippen LogP contribution in [-0.2, 0) is 21.4 Å². The first-order valence-corrected chi connectivity index (χ1v) is 12.8. The Morgan fingerprint density at radius 1 is 1.11 bits per heavy atom. The van der Waals surface area contributed by atoms with Crippen LogP contribution < -0.4 is 10.7 Å². The van der Waals surface area contributed by atoms with Gasteiger partial charge in [0.15, 0.2) is 0 Å². The number of rotatable bonds is 7. The van der Waals surface area contributed by atoms with Crippen LogP contribution in [0.5, 0.6) is 0 Å². The maximum atomic E-state index is 13.6. The molecule has 2 atom stereocenters. The van der Waals surface area contributed by atoms with Gasteiger partial charge in [-0.05, 0) is 54.8 Å². The molecule has 1 fully saturated rings. The van der Waals surface area contributed by atoms with E-state index < -0.39 is 46.4 Å². The number of hydrogen-bond acceptors (Lipinski definition) is 5. The van der Waals surface area contributed by atoms with Gasteiger partial charge in [0.2, 0.25) is 15.9 Å². The normalized spacial score (nSPS) is 19.2. The fraction of sp³-hybridized carbons (Fsp3) is 0.391. The number of benzene rings is 2. The molecule has 0 saturated carbocycles. The lowest BCUT2D eigenvalue weighted by Gasteiger charge is -2.31. The van der Waals surface area contributed by atoms with Gasteiger partial charge in [-0.2, -0.15) is 17.5 Å². The minimum atomic E-state index is -4.60. The highest BCUT2D eigenvalue weighted by Crippen LogP contribution is 2.36. The maximum absolute atomic E-state index is 13.6. The zero-order valence-corrected chi connectivity index (χ0v) is 21.1. The summed E-state index contributed by atoms with van der Waals surface area (Å²) in [7, 11) is -1.14. The lowest BCUT2D eigenvalue weighted by molar-refractivity contribution is -0.179. The summed E-state index contributed by atoms with van der Waals surface area (Å²) in [6, 6.07) is 9.46. The summed E-state index contributed by atoms with van der Waals surface area (Å²) in [5, 5.41) is 4.15. The molecule has 1 saturated heterocycles. The van der Waals surface area contributed by atoms with Gasteiger partial charge in [-0.3, -0.25) is 15.0 Å². The Morgan fingerprint density at radius 3 is 2.28 bits per heavy atom. The summed E-state index contributed by atoms with van der Waals surface area (Å²) >= 11 is 5.87. The summed E-state index contributed by atoms with van der Waals surface area (Å²) in [4.78, 5) is 24.8. The lowest BCUT2D eigenvalue weighted by Crippen LogP contribution is -2.49. The highest BCUT2D eigenvalue weighted by molar-refractivity contribution is 7.89. The Kier molecular flexibility index (Phi) is 8.65. The number of hydrazine groups is 1. The molecule has 2 aromatic rings. The van der Waals surface area contributed by atoms with Gasteiger partial charge in [0.05, 0.1) is 10.8 Å². The SMILES string of the molecule is CN(C)NC(=O)c1ccc(CN(C2CC(C(F)(F)F)CCNC2=O)S(=O)(=O)c2ccc(Cl)cc2)cc1. The lowest BCUT2D eigenvalue weighted by atomic mass is 9.97. The fourth-order valence-corrected chi connectivity index (χ4v) is 5.55. The molecule has 0 aromatic heterocycles. The van der Waals surface area contributed by atoms with Crippen molar-refractivity contribution in [2.75, 3.05) is 20.6 Å². The first-order chi connectivity index (χ1) is 16.8. The average molecular weight is 547 g/mol. The van der Waals surface area contributed by atoms with Crippen LogP contribution in [0.3, 0.4) is 0 Å². The molecule has 0 aliphatic carbocycles. The van der Waals surface area contributed by atoms with E-state index in [1.54, 1.807) is 14.1 Å². The molecule has 0 bridgehead atoms. The molecule has 3 rings (SSSR count). The molecular weight excluding hydrogens is 521 g/mol. The number of carbonyl (C=O) groups is 2. The summed E-state index contributed by atoms with van der Waals surface area (Å²) in [6.45, 7) is -0.604. The van der Waals surface area contributed by atoms with Crippen molar-refractivity contribution < 1.29 is 31.2 Å². The minimum Gasteiger partial charge on any atom is -0.355 e. The summed E-state index contributed by atoms with van der Waals surface area (Å²) in [5.41, 5.74) is 3.25. The van der Waals surface area contributed by atoms with Crippen LogP contribution in [0.15, 0.2) is 53.4 Å². The number of nitrogens with zero attached hydrogens (tertiary/aromatic N) is 2. The summed E-state index contributed by atoms with van der Waals surface area (Å²) in [5.74, 6) is -3.06. The second-order valence-corrected chi connectivity index (χ2v) is 10.9. The molecule has 196 valence electrons. The molecule has 1 heterocycles. The van der Waals surface area contributed by atoms with Crippen LogP contribution in [-0.4, -0.2) is 62.4 Å². The molecule has 2 amide bonds. The predicted molar refractivity (Wildman–Crippen MR) is 127 cm³/mol. The quantitative estimate of drug-likeness (QED) is 0.520. The van der Waals surface area contributed by atoms with Gasteiger partial charge in [0.25, 0.3) is 5.91 Å². The molecule has 2 unspecified atom stereocenters. The van der Waals surface area contributed by atoms with Gasteiger partial charge >= 0.3 is 6.18 Å². The third-order valence-corrected chi connectivity index (χ3v) is 7.83. The molecule has 8 nitrogen and oxygen atoms in total.